The van der Waals surface area contributed by atoms with Gasteiger partial charge in [0.25, 0.3) is 0 Å². The molecule has 6 nitrogen and oxygen atoms in total. The first kappa shape index (κ1) is 15.4. The second-order valence-corrected chi connectivity index (χ2v) is 7.59. The van der Waals surface area contributed by atoms with Gasteiger partial charge in [-0.1, -0.05) is 36.1 Å². The third-order valence-electron chi connectivity index (χ3n) is 2.76. The molecule has 116 valence electrons. The predicted molar refractivity (Wildman–Crippen MR) is 89.7 cm³/mol. The van der Waals surface area contributed by atoms with Crippen molar-refractivity contribution in [2.45, 2.75) is 29.9 Å². The Labute approximate surface area is 140 Å². The van der Waals surface area contributed by atoms with E-state index in [2.05, 4.69) is 43.2 Å². The number of hydrogen-bond donors (Lipinski definition) is 1. The minimum absolute atomic E-state index is 0.622. The van der Waals surface area contributed by atoms with Gasteiger partial charge in [-0.3, -0.25) is 0 Å². The van der Waals surface area contributed by atoms with Gasteiger partial charge in [0, 0.05) is 17.8 Å². The molecule has 0 unspecified atom stereocenters. The van der Waals surface area contributed by atoms with Crippen LogP contribution < -0.4 is 5.32 Å². The maximum absolute atomic E-state index is 5.47. The van der Waals surface area contributed by atoms with E-state index < -0.39 is 0 Å². The maximum atomic E-state index is 5.47. The molecule has 0 aliphatic heterocycles. The Morgan fingerprint density at radius 1 is 1.23 bits per heavy atom. The van der Waals surface area contributed by atoms with Crippen molar-refractivity contribution in [1.29, 1.82) is 0 Å². The molecule has 0 spiro atoms. The Hall–Kier alpha value is -1.45. The number of thioether (sulfide) groups is 1. The van der Waals surface area contributed by atoms with Crippen LogP contribution in [-0.4, -0.2) is 26.9 Å². The molecule has 0 radical (unpaired) electrons. The zero-order valence-corrected chi connectivity index (χ0v) is 14.4. The highest BCUT2D eigenvalue weighted by atomic mass is 32.2. The third kappa shape index (κ3) is 4.28. The van der Waals surface area contributed by atoms with Crippen LogP contribution in [0.25, 0.3) is 0 Å². The van der Waals surface area contributed by atoms with Gasteiger partial charge in [-0.05, 0) is 17.9 Å². The molecule has 3 aromatic heterocycles. The van der Waals surface area contributed by atoms with Crippen LogP contribution in [0, 0.1) is 0 Å². The fourth-order valence-corrected chi connectivity index (χ4v) is 4.02. The van der Waals surface area contributed by atoms with Crippen LogP contribution in [-0.2, 0) is 18.6 Å². The normalized spacial score (nSPS) is 11.0. The standard InChI is InChI=1S/C13H15N5OS3/c1-2-10-15-16-11(19-10)8-21-13-18-17-12(22-13)14-6-5-9-4-3-7-20-9/h3-4,7H,2,5-6,8H2,1H3,(H,14,17). The van der Waals surface area contributed by atoms with Crippen molar-refractivity contribution in [2.75, 3.05) is 11.9 Å². The largest absolute Gasteiger partial charge is 0.424 e. The Morgan fingerprint density at radius 2 is 2.14 bits per heavy atom. The van der Waals surface area contributed by atoms with Crippen LogP contribution in [0.15, 0.2) is 26.3 Å². The lowest BCUT2D eigenvalue weighted by atomic mass is 10.3. The highest BCUT2D eigenvalue weighted by molar-refractivity contribution is 8.00. The molecule has 0 saturated carbocycles. The quantitative estimate of drug-likeness (QED) is 0.621. The van der Waals surface area contributed by atoms with Gasteiger partial charge >= 0.3 is 0 Å². The smallest absolute Gasteiger partial charge is 0.226 e. The van der Waals surface area contributed by atoms with Crippen molar-refractivity contribution in [1.82, 2.24) is 20.4 Å². The van der Waals surface area contributed by atoms with Gasteiger partial charge in [0.05, 0.1) is 5.75 Å². The topological polar surface area (TPSA) is 76.7 Å². The summed E-state index contributed by atoms with van der Waals surface area (Å²) in [4.78, 5) is 1.37. The SMILES string of the molecule is CCc1nnc(CSc2nnc(NCCc3cccs3)s2)o1. The first-order valence-electron chi connectivity index (χ1n) is 6.87. The number of nitrogens with one attached hydrogen (secondary N) is 1. The molecule has 3 aromatic rings. The van der Waals surface area contributed by atoms with E-state index in [0.29, 0.717) is 17.5 Å². The predicted octanol–water partition coefficient (Wildman–Crippen LogP) is 3.49. The van der Waals surface area contributed by atoms with E-state index >= 15 is 0 Å². The molecule has 3 rings (SSSR count). The summed E-state index contributed by atoms with van der Waals surface area (Å²) >= 11 is 4.88. The summed E-state index contributed by atoms with van der Waals surface area (Å²) in [5.74, 6) is 1.92. The highest BCUT2D eigenvalue weighted by Crippen LogP contribution is 2.28. The zero-order valence-electron chi connectivity index (χ0n) is 12.0. The van der Waals surface area contributed by atoms with Gasteiger partial charge in [0.1, 0.15) is 0 Å². The summed E-state index contributed by atoms with van der Waals surface area (Å²) in [5.41, 5.74) is 0. The van der Waals surface area contributed by atoms with Crippen LogP contribution in [0.3, 0.4) is 0 Å². The second kappa shape index (κ2) is 7.70. The first-order valence-corrected chi connectivity index (χ1v) is 9.55. The lowest BCUT2D eigenvalue weighted by Crippen LogP contribution is -2.03. The third-order valence-corrected chi connectivity index (χ3v) is 5.70. The van der Waals surface area contributed by atoms with Crippen LogP contribution in [0.2, 0.25) is 0 Å². The molecule has 1 N–H and O–H groups in total. The summed E-state index contributed by atoms with van der Waals surface area (Å²) < 4.78 is 6.36. The van der Waals surface area contributed by atoms with Gasteiger partial charge in [-0.25, -0.2) is 0 Å². The number of anilines is 1. The van der Waals surface area contributed by atoms with E-state index in [1.165, 1.54) is 4.88 Å². The van der Waals surface area contributed by atoms with Crippen molar-refractivity contribution in [2.24, 2.45) is 0 Å². The van der Waals surface area contributed by atoms with Gasteiger partial charge in [-0.2, -0.15) is 0 Å². The number of rotatable bonds is 8. The number of thiophene rings is 1. The number of nitrogens with zero attached hydrogens (tertiary/aromatic N) is 4. The molecular weight excluding hydrogens is 338 g/mol. The van der Waals surface area contributed by atoms with E-state index in [-0.39, 0.29) is 0 Å². The maximum Gasteiger partial charge on any atom is 0.226 e. The first-order chi connectivity index (χ1) is 10.8. The number of aromatic nitrogens is 4. The molecule has 0 fully saturated rings. The fourth-order valence-electron chi connectivity index (χ4n) is 1.70. The van der Waals surface area contributed by atoms with E-state index in [9.17, 15) is 0 Å². The minimum atomic E-state index is 0.622. The van der Waals surface area contributed by atoms with E-state index in [1.807, 2.05) is 6.92 Å². The van der Waals surface area contributed by atoms with E-state index in [1.54, 1.807) is 34.4 Å². The Balaban J connectivity index is 1.44. The Kier molecular flexibility index (Phi) is 5.41. The van der Waals surface area contributed by atoms with Crippen molar-refractivity contribution < 1.29 is 4.42 Å². The summed E-state index contributed by atoms with van der Waals surface area (Å²) in [5, 5.41) is 22.5. The summed E-state index contributed by atoms with van der Waals surface area (Å²) in [7, 11) is 0. The van der Waals surface area contributed by atoms with Gasteiger partial charge < -0.3 is 9.73 Å². The summed E-state index contributed by atoms with van der Waals surface area (Å²) in [6.07, 6.45) is 1.76. The van der Waals surface area contributed by atoms with E-state index in [4.69, 9.17) is 4.42 Å². The average Bonchev–Trinajstić information content (AvgIpc) is 3.27. The Morgan fingerprint density at radius 3 is 2.91 bits per heavy atom. The van der Waals surface area contributed by atoms with Gasteiger partial charge in [0.15, 0.2) is 4.34 Å². The number of aryl methyl sites for hydroxylation is 1. The van der Waals surface area contributed by atoms with Crippen molar-refractivity contribution in [3.63, 3.8) is 0 Å². The lowest BCUT2D eigenvalue weighted by molar-refractivity contribution is 0.470. The molecule has 0 bridgehead atoms. The second-order valence-electron chi connectivity index (χ2n) is 4.36. The number of hydrogen-bond acceptors (Lipinski definition) is 9. The molecule has 0 aromatic carbocycles. The molecule has 0 saturated heterocycles. The van der Waals surface area contributed by atoms with Crippen LogP contribution in [0.1, 0.15) is 23.6 Å². The van der Waals surface area contributed by atoms with Gasteiger partial charge in [0.2, 0.25) is 16.9 Å². The molecule has 22 heavy (non-hydrogen) atoms. The highest BCUT2D eigenvalue weighted by Gasteiger charge is 2.09. The lowest BCUT2D eigenvalue weighted by Gasteiger charge is -1.98. The fraction of sp³-hybridized carbons (Fsp3) is 0.385. The van der Waals surface area contributed by atoms with E-state index in [0.717, 1.165) is 28.9 Å². The molecular formula is C13H15N5OS3. The van der Waals surface area contributed by atoms with Gasteiger partial charge in [-0.15, -0.1) is 31.7 Å². The summed E-state index contributed by atoms with van der Waals surface area (Å²) in [6.45, 7) is 2.85. The monoisotopic (exact) mass is 353 g/mol. The Bertz CT molecular complexity index is 694. The average molecular weight is 353 g/mol. The molecule has 0 aliphatic carbocycles. The summed E-state index contributed by atoms with van der Waals surface area (Å²) in [6, 6.07) is 4.21. The van der Waals surface area contributed by atoms with Crippen molar-refractivity contribution in [3.05, 3.63) is 34.2 Å². The molecule has 0 aliphatic rings. The minimum Gasteiger partial charge on any atom is -0.424 e. The van der Waals surface area contributed by atoms with Crippen LogP contribution in [0.5, 0.6) is 0 Å². The molecule has 3 heterocycles. The molecule has 0 amide bonds. The van der Waals surface area contributed by atoms with Crippen LogP contribution in [0.4, 0.5) is 5.13 Å². The molecule has 0 atom stereocenters. The van der Waals surface area contributed by atoms with Crippen LogP contribution >= 0.6 is 34.4 Å². The van der Waals surface area contributed by atoms with Crippen molar-refractivity contribution >= 4 is 39.6 Å². The van der Waals surface area contributed by atoms with Crippen molar-refractivity contribution in [3.8, 4) is 0 Å². The molecule has 9 heteroatoms. The zero-order chi connectivity index (χ0) is 15.2.